The molecule has 1 aliphatic rings. The monoisotopic (exact) mass is 368 g/mol. The standard InChI is InChI=1S/C20H20N2O3S/c23-26(24,20-7-3-5-16-4-1-2-6-19(16)20)21-17-8-10-18(11-9-17)22-12-14-25-15-13-22/h1-11,21H,12-15H2. The normalized spacial score (nSPS) is 15.2. The van der Waals surface area contributed by atoms with Crippen molar-refractivity contribution >= 4 is 32.2 Å². The molecule has 0 amide bonds. The molecule has 6 heteroatoms. The lowest BCUT2D eigenvalue weighted by Crippen LogP contribution is -2.36. The van der Waals surface area contributed by atoms with E-state index in [0.29, 0.717) is 11.1 Å². The summed E-state index contributed by atoms with van der Waals surface area (Å²) in [7, 11) is -3.66. The van der Waals surface area contributed by atoms with Gasteiger partial charge in [0.15, 0.2) is 0 Å². The summed E-state index contributed by atoms with van der Waals surface area (Å²) < 4.78 is 33.8. The van der Waals surface area contributed by atoms with E-state index in [-0.39, 0.29) is 4.90 Å². The first-order chi connectivity index (χ1) is 12.6. The average Bonchev–Trinajstić information content (AvgIpc) is 2.68. The summed E-state index contributed by atoms with van der Waals surface area (Å²) in [4.78, 5) is 2.51. The SMILES string of the molecule is O=S(=O)(Nc1ccc(N2CCOCC2)cc1)c1cccc2ccccc12. The molecule has 1 N–H and O–H groups in total. The third-order valence-electron chi connectivity index (χ3n) is 4.53. The fourth-order valence-electron chi connectivity index (χ4n) is 3.20. The number of benzene rings is 3. The number of morpholine rings is 1. The van der Waals surface area contributed by atoms with Gasteiger partial charge in [-0.1, -0.05) is 36.4 Å². The number of sulfonamides is 1. The Hall–Kier alpha value is -2.57. The molecule has 134 valence electrons. The Morgan fingerprint density at radius 3 is 2.31 bits per heavy atom. The highest BCUT2D eigenvalue weighted by Crippen LogP contribution is 2.26. The largest absolute Gasteiger partial charge is 0.378 e. The molecular formula is C20H20N2O3S. The van der Waals surface area contributed by atoms with Gasteiger partial charge in [-0.3, -0.25) is 4.72 Å². The Kier molecular flexibility index (Phi) is 4.53. The van der Waals surface area contributed by atoms with Crippen LogP contribution in [0.25, 0.3) is 10.8 Å². The van der Waals surface area contributed by atoms with E-state index >= 15 is 0 Å². The first-order valence-electron chi connectivity index (χ1n) is 8.57. The number of hydrogen-bond acceptors (Lipinski definition) is 4. The van der Waals surface area contributed by atoms with E-state index in [1.54, 1.807) is 24.3 Å². The van der Waals surface area contributed by atoms with Crippen LogP contribution in [-0.4, -0.2) is 34.7 Å². The Bertz CT molecular complexity index is 1010. The zero-order chi connectivity index (χ0) is 18.0. The van der Waals surface area contributed by atoms with Crippen LogP contribution in [0, 0.1) is 0 Å². The number of nitrogens with zero attached hydrogens (tertiary/aromatic N) is 1. The molecule has 0 bridgehead atoms. The molecule has 0 aliphatic carbocycles. The zero-order valence-electron chi connectivity index (χ0n) is 14.3. The van der Waals surface area contributed by atoms with Crippen molar-refractivity contribution in [1.29, 1.82) is 0 Å². The summed E-state index contributed by atoms with van der Waals surface area (Å²) in [5.41, 5.74) is 1.62. The highest BCUT2D eigenvalue weighted by molar-refractivity contribution is 7.93. The van der Waals surface area contributed by atoms with Gasteiger partial charge in [0.1, 0.15) is 0 Å². The highest BCUT2D eigenvalue weighted by Gasteiger charge is 2.17. The van der Waals surface area contributed by atoms with Crippen molar-refractivity contribution in [2.75, 3.05) is 35.9 Å². The molecule has 0 atom stereocenters. The molecule has 5 nitrogen and oxygen atoms in total. The Labute approximate surface area is 153 Å². The molecule has 0 spiro atoms. The molecule has 1 saturated heterocycles. The van der Waals surface area contributed by atoms with Crippen molar-refractivity contribution in [2.45, 2.75) is 4.90 Å². The van der Waals surface area contributed by atoms with Crippen LogP contribution in [0.2, 0.25) is 0 Å². The lowest BCUT2D eigenvalue weighted by molar-refractivity contribution is 0.122. The first kappa shape index (κ1) is 16.9. The van der Waals surface area contributed by atoms with Crippen LogP contribution in [-0.2, 0) is 14.8 Å². The summed E-state index contributed by atoms with van der Waals surface area (Å²) in [6.45, 7) is 3.13. The van der Waals surface area contributed by atoms with Gasteiger partial charge >= 0.3 is 0 Å². The Morgan fingerprint density at radius 2 is 1.54 bits per heavy atom. The van der Waals surface area contributed by atoms with Gasteiger partial charge in [0, 0.05) is 29.9 Å². The second kappa shape index (κ2) is 6.97. The molecule has 1 heterocycles. The fraction of sp³-hybridized carbons (Fsp3) is 0.200. The van der Waals surface area contributed by atoms with E-state index in [1.807, 2.05) is 42.5 Å². The quantitative estimate of drug-likeness (QED) is 0.766. The summed E-state index contributed by atoms with van der Waals surface area (Å²) in [6.07, 6.45) is 0. The maximum absolute atomic E-state index is 12.9. The third-order valence-corrected chi connectivity index (χ3v) is 5.97. The molecule has 26 heavy (non-hydrogen) atoms. The maximum Gasteiger partial charge on any atom is 0.262 e. The van der Waals surface area contributed by atoms with Gasteiger partial charge in [0.2, 0.25) is 0 Å². The maximum atomic E-state index is 12.9. The molecule has 0 unspecified atom stereocenters. The van der Waals surface area contributed by atoms with Crippen LogP contribution >= 0.6 is 0 Å². The summed E-state index contributed by atoms with van der Waals surface area (Å²) in [6, 6.07) is 20.3. The highest BCUT2D eigenvalue weighted by atomic mass is 32.2. The third kappa shape index (κ3) is 3.38. The summed E-state index contributed by atoms with van der Waals surface area (Å²) in [5, 5.41) is 1.62. The van der Waals surface area contributed by atoms with Crippen LogP contribution < -0.4 is 9.62 Å². The van der Waals surface area contributed by atoms with Crippen molar-refractivity contribution < 1.29 is 13.2 Å². The van der Waals surface area contributed by atoms with Crippen LogP contribution in [0.15, 0.2) is 71.6 Å². The van der Waals surface area contributed by atoms with Crippen molar-refractivity contribution in [3.63, 3.8) is 0 Å². The van der Waals surface area contributed by atoms with E-state index < -0.39 is 10.0 Å². The molecular weight excluding hydrogens is 348 g/mol. The lowest BCUT2D eigenvalue weighted by Gasteiger charge is -2.28. The van der Waals surface area contributed by atoms with Gasteiger partial charge in [-0.15, -0.1) is 0 Å². The van der Waals surface area contributed by atoms with Crippen LogP contribution in [0.3, 0.4) is 0 Å². The molecule has 1 aliphatic heterocycles. The number of nitrogens with one attached hydrogen (secondary N) is 1. The van der Waals surface area contributed by atoms with Crippen molar-refractivity contribution in [2.24, 2.45) is 0 Å². The van der Waals surface area contributed by atoms with Crippen LogP contribution in [0.5, 0.6) is 0 Å². The minimum Gasteiger partial charge on any atom is -0.378 e. The Balaban J connectivity index is 1.59. The number of anilines is 2. The molecule has 4 rings (SSSR count). The molecule has 0 saturated carbocycles. The minimum absolute atomic E-state index is 0.285. The molecule has 0 aromatic heterocycles. The van der Waals surface area contributed by atoms with E-state index in [1.165, 1.54) is 0 Å². The predicted molar refractivity (Wildman–Crippen MR) is 104 cm³/mol. The lowest BCUT2D eigenvalue weighted by atomic mass is 10.1. The smallest absolute Gasteiger partial charge is 0.262 e. The van der Waals surface area contributed by atoms with Gasteiger partial charge in [0.05, 0.1) is 18.1 Å². The topological polar surface area (TPSA) is 58.6 Å². The van der Waals surface area contributed by atoms with Crippen molar-refractivity contribution in [1.82, 2.24) is 0 Å². The van der Waals surface area contributed by atoms with E-state index in [0.717, 1.165) is 37.4 Å². The van der Waals surface area contributed by atoms with E-state index in [4.69, 9.17) is 4.74 Å². The fourth-order valence-corrected chi connectivity index (χ4v) is 4.49. The molecule has 1 fully saturated rings. The summed E-state index contributed by atoms with van der Waals surface area (Å²) >= 11 is 0. The number of fused-ring (bicyclic) bond motifs is 1. The number of hydrogen-bond donors (Lipinski definition) is 1. The van der Waals surface area contributed by atoms with Crippen molar-refractivity contribution in [3.05, 3.63) is 66.7 Å². The van der Waals surface area contributed by atoms with Crippen molar-refractivity contribution in [3.8, 4) is 0 Å². The van der Waals surface area contributed by atoms with Crippen LogP contribution in [0.1, 0.15) is 0 Å². The van der Waals surface area contributed by atoms with Gasteiger partial charge in [-0.25, -0.2) is 8.42 Å². The number of ether oxygens (including phenoxy) is 1. The minimum atomic E-state index is -3.66. The van der Waals surface area contributed by atoms with Gasteiger partial charge in [-0.2, -0.15) is 0 Å². The van der Waals surface area contributed by atoms with Gasteiger partial charge in [0.25, 0.3) is 10.0 Å². The molecule has 3 aromatic carbocycles. The van der Waals surface area contributed by atoms with E-state index in [9.17, 15) is 8.42 Å². The van der Waals surface area contributed by atoms with Crippen LogP contribution in [0.4, 0.5) is 11.4 Å². The Morgan fingerprint density at radius 1 is 0.846 bits per heavy atom. The van der Waals surface area contributed by atoms with Gasteiger partial charge < -0.3 is 9.64 Å². The van der Waals surface area contributed by atoms with Gasteiger partial charge in [-0.05, 0) is 35.7 Å². The molecule has 3 aromatic rings. The van der Waals surface area contributed by atoms with E-state index in [2.05, 4.69) is 9.62 Å². The summed E-state index contributed by atoms with van der Waals surface area (Å²) in [5.74, 6) is 0. The average molecular weight is 368 g/mol. The molecule has 0 radical (unpaired) electrons. The number of rotatable bonds is 4. The first-order valence-corrected chi connectivity index (χ1v) is 10.1. The second-order valence-electron chi connectivity index (χ2n) is 6.23. The predicted octanol–water partition coefficient (Wildman–Crippen LogP) is 3.48. The second-order valence-corrected chi connectivity index (χ2v) is 7.88. The zero-order valence-corrected chi connectivity index (χ0v) is 15.1.